The molecule has 1 aliphatic heterocycles. The number of hydrogen-bond donors (Lipinski definition) is 0. The molecule has 7 heteroatoms. The zero-order valence-corrected chi connectivity index (χ0v) is 9.98. The summed E-state index contributed by atoms with van der Waals surface area (Å²) in [5.74, 6) is 0. The van der Waals surface area contributed by atoms with E-state index in [1.807, 2.05) is 6.92 Å². The fraction of sp³-hybridized carbons (Fsp3) is 0.667. The summed E-state index contributed by atoms with van der Waals surface area (Å²) in [6, 6.07) is 0. The van der Waals surface area contributed by atoms with E-state index in [0.717, 1.165) is 17.3 Å². The van der Waals surface area contributed by atoms with Crippen molar-refractivity contribution in [1.29, 1.82) is 0 Å². The lowest BCUT2D eigenvalue weighted by atomic mass is 10.3. The molecule has 2 rings (SSSR count). The van der Waals surface area contributed by atoms with Crippen molar-refractivity contribution in [2.24, 2.45) is 0 Å². The van der Waals surface area contributed by atoms with Gasteiger partial charge in [-0.3, -0.25) is 4.84 Å². The first-order chi connectivity index (χ1) is 7.64. The zero-order chi connectivity index (χ0) is 11.6. The van der Waals surface area contributed by atoms with Crippen molar-refractivity contribution in [2.75, 3.05) is 13.2 Å². The van der Waals surface area contributed by atoms with Crippen LogP contribution < -0.4 is 0 Å². The fourth-order valence-corrected chi connectivity index (χ4v) is 2.75. The summed E-state index contributed by atoms with van der Waals surface area (Å²) in [5, 5.41) is 0.0521. The second kappa shape index (κ2) is 4.52. The van der Waals surface area contributed by atoms with Crippen molar-refractivity contribution in [3.05, 3.63) is 12.5 Å². The molecule has 0 N–H and O–H groups in total. The Labute approximate surface area is 94.8 Å². The average molecular weight is 245 g/mol. The summed E-state index contributed by atoms with van der Waals surface area (Å²) >= 11 is 0. The number of sulfonamides is 1. The molecule has 0 radical (unpaired) electrons. The summed E-state index contributed by atoms with van der Waals surface area (Å²) in [6.07, 6.45) is 4.76. The van der Waals surface area contributed by atoms with E-state index in [1.165, 1.54) is 12.5 Å². The lowest BCUT2D eigenvalue weighted by Gasteiger charge is -2.24. The summed E-state index contributed by atoms with van der Waals surface area (Å²) in [4.78, 5) is 9.02. The molecule has 1 aliphatic rings. The van der Waals surface area contributed by atoms with Crippen LogP contribution in [0.25, 0.3) is 0 Å². The highest BCUT2D eigenvalue weighted by Crippen LogP contribution is 2.17. The summed E-state index contributed by atoms with van der Waals surface area (Å²) < 4.78 is 26.8. The van der Waals surface area contributed by atoms with Crippen LogP contribution in [0.5, 0.6) is 0 Å². The topological polar surface area (TPSA) is 64.4 Å². The second-order valence-corrected chi connectivity index (χ2v) is 5.39. The monoisotopic (exact) mass is 245 g/mol. The number of nitrogens with zero attached hydrogens (tertiary/aromatic N) is 3. The number of aryl methyl sites for hydroxylation is 1. The molecule has 0 saturated carbocycles. The predicted molar refractivity (Wildman–Crippen MR) is 57.0 cm³/mol. The van der Waals surface area contributed by atoms with Crippen molar-refractivity contribution in [3.8, 4) is 0 Å². The maximum atomic E-state index is 12.0. The smallest absolute Gasteiger partial charge is 0.283 e. The molecule has 1 aromatic rings. The second-order valence-electron chi connectivity index (χ2n) is 3.61. The molecule has 0 amide bonds. The molecular weight excluding hydrogens is 230 g/mol. The van der Waals surface area contributed by atoms with Crippen LogP contribution >= 0.6 is 0 Å². The number of imidazole rings is 1. The summed E-state index contributed by atoms with van der Waals surface area (Å²) in [7, 11) is -3.57. The standard InChI is InChI=1S/C9H15N3O3S/c1-2-11-7-9(10-8-11)16(13,14)12-5-3-4-6-15-12/h7-8H,2-6H2,1H3. The molecule has 6 nitrogen and oxygen atoms in total. The van der Waals surface area contributed by atoms with Gasteiger partial charge in [0.2, 0.25) is 0 Å². The van der Waals surface area contributed by atoms with Gasteiger partial charge in [-0.15, -0.1) is 0 Å². The largest absolute Gasteiger partial charge is 0.336 e. The van der Waals surface area contributed by atoms with Crippen LogP contribution in [0.15, 0.2) is 17.6 Å². The van der Waals surface area contributed by atoms with Crippen LogP contribution in [-0.4, -0.2) is 35.6 Å². The van der Waals surface area contributed by atoms with Crippen LogP contribution in [0.1, 0.15) is 19.8 Å². The first-order valence-electron chi connectivity index (χ1n) is 5.32. The molecular formula is C9H15N3O3S. The first-order valence-corrected chi connectivity index (χ1v) is 6.76. The average Bonchev–Trinajstić information content (AvgIpc) is 2.79. The number of rotatable bonds is 3. The van der Waals surface area contributed by atoms with Gasteiger partial charge in [-0.05, 0) is 19.8 Å². The van der Waals surface area contributed by atoms with Crippen molar-refractivity contribution in [1.82, 2.24) is 14.0 Å². The molecule has 0 aromatic carbocycles. The van der Waals surface area contributed by atoms with Crippen LogP contribution in [0.3, 0.4) is 0 Å². The first kappa shape index (κ1) is 11.6. The van der Waals surface area contributed by atoms with Crippen molar-refractivity contribution in [3.63, 3.8) is 0 Å². The Morgan fingerprint density at radius 1 is 1.50 bits per heavy atom. The van der Waals surface area contributed by atoms with Gasteiger partial charge in [0.25, 0.3) is 10.0 Å². The van der Waals surface area contributed by atoms with Gasteiger partial charge in [-0.2, -0.15) is 0 Å². The van der Waals surface area contributed by atoms with Gasteiger partial charge in [0.1, 0.15) is 0 Å². The van der Waals surface area contributed by atoms with E-state index >= 15 is 0 Å². The van der Waals surface area contributed by atoms with Gasteiger partial charge in [0.15, 0.2) is 5.03 Å². The Hall–Kier alpha value is -0.920. The van der Waals surface area contributed by atoms with E-state index in [0.29, 0.717) is 19.7 Å². The summed E-state index contributed by atoms with van der Waals surface area (Å²) in [5.41, 5.74) is 0. The quantitative estimate of drug-likeness (QED) is 0.783. The predicted octanol–water partition coefficient (Wildman–Crippen LogP) is 0.619. The Balaban J connectivity index is 2.23. The van der Waals surface area contributed by atoms with Crippen LogP contribution in [0.2, 0.25) is 0 Å². The van der Waals surface area contributed by atoms with Gasteiger partial charge in [0, 0.05) is 19.3 Å². The van der Waals surface area contributed by atoms with Gasteiger partial charge in [-0.1, -0.05) is 4.47 Å². The van der Waals surface area contributed by atoms with E-state index in [1.54, 1.807) is 4.57 Å². The molecule has 0 unspecified atom stereocenters. The summed E-state index contributed by atoms with van der Waals surface area (Å²) in [6.45, 7) is 3.48. The molecule has 16 heavy (non-hydrogen) atoms. The lowest BCUT2D eigenvalue weighted by molar-refractivity contribution is -0.109. The molecule has 0 atom stereocenters. The van der Waals surface area contributed by atoms with Crippen molar-refractivity contribution < 1.29 is 13.3 Å². The van der Waals surface area contributed by atoms with Crippen LogP contribution in [-0.2, 0) is 21.4 Å². The minimum atomic E-state index is -3.57. The van der Waals surface area contributed by atoms with Crippen LogP contribution in [0.4, 0.5) is 0 Å². The third kappa shape index (κ3) is 2.11. The van der Waals surface area contributed by atoms with Gasteiger partial charge >= 0.3 is 0 Å². The maximum Gasteiger partial charge on any atom is 0.283 e. The highest BCUT2D eigenvalue weighted by molar-refractivity contribution is 7.88. The minimum absolute atomic E-state index is 0.0521. The third-order valence-electron chi connectivity index (χ3n) is 2.48. The van der Waals surface area contributed by atoms with E-state index in [2.05, 4.69) is 4.98 Å². The lowest BCUT2D eigenvalue weighted by Crippen LogP contribution is -2.35. The highest BCUT2D eigenvalue weighted by Gasteiger charge is 2.29. The van der Waals surface area contributed by atoms with Gasteiger partial charge in [0.05, 0.1) is 12.9 Å². The van der Waals surface area contributed by atoms with Gasteiger partial charge < -0.3 is 4.57 Å². The Morgan fingerprint density at radius 3 is 2.88 bits per heavy atom. The van der Waals surface area contributed by atoms with E-state index < -0.39 is 10.0 Å². The highest BCUT2D eigenvalue weighted by atomic mass is 32.2. The van der Waals surface area contributed by atoms with Crippen molar-refractivity contribution in [2.45, 2.75) is 31.3 Å². The van der Waals surface area contributed by atoms with Crippen molar-refractivity contribution >= 4 is 10.0 Å². The molecule has 0 bridgehead atoms. The molecule has 0 aliphatic carbocycles. The Bertz CT molecular complexity index is 448. The van der Waals surface area contributed by atoms with Gasteiger partial charge in [-0.25, -0.2) is 13.4 Å². The van der Waals surface area contributed by atoms with E-state index in [-0.39, 0.29) is 5.03 Å². The minimum Gasteiger partial charge on any atom is -0.336 e. The number of aromatic nitrogens is 2. The fourth-order valence-electron chi connectivity index (χ4n) is 1.51. The third-order valence-corrected chi connectivity index (χ3v) is 4.04. The molecule has 1 fully saturated rings. The molecule has 0 spiro atoms. The Kier molecular flexibility index (Phi) is 3.27. The molecule has 90 valence electrons. The normalized spacial score (nSPS) is 18.8. The maximum absolute atomic E-state index is 12.0. The SMILES string of the molecule is CCn1cnc(S(=O)(=O)N2CCCCO2)c1. The number of hydroxylamine groups is 1. The van der Waals surface area contributed by atoms with E-state index in [9.17, 15) is 8.42 Å². The molecule has 1 aromatic heterocycles. The Morgan fingerprint density at radius 2 is 2.31 bits per heavy atom. The number of hydrogen-bond acceptors (Lipinski definition) is 4. The zero-order valence-electron chi connectivity index (χ0n) is 9.16. The van der Waals surface area contributed by atoms with E-state index in [4.69, 9.17) is 4.84 Å². The molecule has 1 saturated heterocycles. The van der Waals surface area contributed by atoms with Crippen LogP contribution in [0, 0.1) is 0 Å². The molecule has 2 heterocycles.